The van der Waals surface area contributed by atoms with Crippen LogP contribution >= 0.6 is 11.8 Å². The molecule has 0 heterocycles. The van der Waals surface area contributed by atoms with E-state index in [-0.39, 0.29) is 30.1 Å². The monoisotopic (exact) mass is 274 g/mol. The van der Waals surface area contributed by atoms with Gasteiger partial charge >= 0.3 is 5.51 Å². The van der Waals surface area contributed by atoms with Crippen molar-refractivity contribution >= 4 is 11.8 Å². The zero-order chi connectivity index (χ0) is 13.6. The lowest BCUT2D eigenvalue weighted by Gasteiger charge is -2.14. The predicted molar refractivity (Wildman–Crippen MR) is 66.1 cm³/mol. The summed E-state index contributed by atoms with van der Waals surface area (Å²) in [4.78, 5) is 0. The highest BCUT2D eigenvalue weighted by molar-refractivity contribution is 8.00. The van der Waals surface area contributed by atoms with Crippen LogP contribution in [0, 0.1) is 11.3 Å². The van der Waals surface area contributed by atoms with E-state index in [1.807, 2.05) is 13.0 Å². The summed E-state index contributed by atoms with van der Waals surface area (Å²) in [6.45, 7) is 2.16. The van der Waals surface area contributed by atoms with Crippen molar-refractivity contribution in [3.63, 3.8) is 0 Å². The number of rotatable bonds is 5. The third-order valence-electron chi connectivity index (χ3n) is 2.36. The van der Waals surface area contributed by atoms with Crippen molar-refractivity contribution in [1.82, 2.24) is 5.32 Å². The quantitative estimate of drug-likeness (QED) is 0.835. The molecular weight excluding hydrogens is 261 g/mol. The van der Waals surface area contributed by atoms with E-state index in [0.717, 1.165) is 5.56 Å². The van der Waals surface area contributed by atoms with Gasteiger partial charge in [0.15, 0.2) is 0 Å². The largest absolute Gasteiger partial charge is 0.441 e. The molecule has 0 fully saturated rings. The first-order valence-corrected chi connectivity index (χ1v) is 6.35. The minimum absolute atomic E-state index is 0.00980. The summed E-state index contributed by atoms with van der Waals surface area (Å²) in [5.41, 5.74) is -2.65. The fourth-order valence-electron chi connectivity index (χ4n) is 1.41. The Morgan fingerprint density at radius 1 is 1.33 bits per heavy atom. The second-order valence-electron chi connectivity index (χ2n) is 3.70. The van der Waals surface area contributed by atoms with Crippen molar-refractivity contribution < 1.29 is 13.2 Å². The van der Waals surface area contributed by atoms with Gasteiger partial charge in [-0.25, -0.2) is 0 Å². The Balaban J connectivity index is 2.36. The Kier molecular flexibility index (Phi) is 5.51. The highest BCUT2D eigenvalue weighted by Crippen LogP contribution is 2.29. The van der Waals surface area contributed by atoms with Gasteiger partial charge in [-0.2, -0.15) is 18.4 Å². The molecular formula is C12H13F3N2S. The van der Waals surface area contributed by atoms with Crippen LogP contribution in [0.3, 0.4) is 0 Å². The number of nitriles is 1. The van der Waals surface area contributed by atoms with Crippen molar-refractivity contribution in [3.8, 4) is 6.07 Å². The molecule has 0 aliphatic rings. The van der Waals surface area contributed by atoms with Gasteiger partial charge in [0.2, 0.25) is 0 Å². The first-order valence-electron chi connectivity index (χ1n) is 5.36. The predicted octanol–water partition coefficient (Wildman–Crippen LogP) is 3.46. The van der Waals surface area contributed by atoms with Gasteiger partial charge in [0.1, 0.15) is 0 Å². The van der Waals surface area contributed by atoms with Crippen LogP contribution in [0.1, 0.15) is 24.1 Å². The van der Waals surface area contributed by atoms with Gasteiger partial charge in [0.25, 0.3) is 0 Å². The Morgan fingerprint density at radius 2 is 1.94 bits per heavy atom. The van der Waals surface area contributed by atoms with Crippen molar-refractivity contribution in [2.75, 3.05) is 12.3 Å². The lowest BCUT2D eigenvalue weighted by molar-refractivity contribution is -0.0327. The average molecular weight is 274 g/mol. The third-order valence-corrected chi connectivity index (χ3v) is 3.09. The summed E-state index contributed by atoms with van der Waals surface area (Å²) >= 11 is -0.0287. The maximum atomic E-state index is 11.9. The molecule has 1 aromatic rings. The molecule has 6 heteroatoms. The van der Waals surface area contributed by atoms with Crippen LogP contribution in [0.4, 0.5) is 13.2 Å². The average Bonchev–Trinajstić information content (AvgIpc) is 2.33. The molecule has 0 bridgehead atoms. The van der Waals surface area contributed by atoms with Gasteiger partial charge in [0, 0.05) is 18.3 Å². The van der Waals surface area contributed by atoms with E-state index < -0.39 is 5.51 Å². The number of nitrogens with one attached hydrogen (secondary N) is 1. The minimum atomic E-state index is -4.17. The second kappa shape index (κ2) is 6.66. The van der Waals surface area contributed by atoms with E-state index in [1.54, 1.807) is 24.3 Å². The van der Waals surface area contributed by atoms with Crippen molar-refractivity contribution in [1.29, 1.82) is 5.26 Å². The number of halogens is 3. The molecule has 1 aromatic carbocycles. The molecule has 1 N–H and O–H groups in total. The van der Waals surface area contributed by atoms with E-state index in [9.17, 15) is 13.2 Å². The molecule has 0 aliphatic carbocycles. The molecule has 0 amide bonds. The zero-order valence-corrected chi connectivity index (χ0v) is 10.6. The Bertz CT molecular complexity index is 409. The molecule has 0 radical (unpaired) electrons. The van der Waals surface area contributed by atoms with Crippen LogP contribution in [-0.4, -0.2) is 17.8 Å². The molecule has 0 aliphatic heterocycles. The van der Waals surface area contributed by atoms with Crippen LogP contribution in [-0.2, 0) is 0 Å². The highest BCUT2D eigenvalue weighted by atomic mass is 32.2. The minimum Gasteiger partial charge on any atom is -0.309 e. The molecule has 0 saturated carbocycles. The number of alkyl halides is 3. The summed E-state index contributed by atoms with van der Waals surface area (Å²) in [6, 6.07) is 8.96. The van der Waals surface area contributed by atoms with Crippen molar-refractivity contribution in [2.24, 2.45) is 0 Å². The Hall–Kier alpha value is -1.19. The van der Waals surface area contributed by atoms with E-state index in [0.29, 0.717) is 5.56 Å². The number of hydrogen-bond donors (Lipinski definition) is 1. The fourth-order valence-corrected chi connectivity index (χ4v) is 1.86. The first kappa shape index (κ1) is 14.9. The number of thioether (sulfide) groups is 1. The lowest BCUT2D eigenvalue weighted by Crippen LogP contribution is -2.22. The van der Waals surface area contributed by atoms with Crippen LogP contribution in [0.2, 0.25) is 0 Å². The normalized spacial score (nSPS) is 13.1. The molecule has 2 nitrogen and oxygen atoms in total. The maximum absolute atomic E-state index is 11.9. The van der Waals surface area contributed by atoms with Gasteiger partial charge in [-0.15, -0.1) is 0 Å². The highest BCUT2D eigenvalue weighted by Gasteiger charge is 2.27. The van der Waals surface area contributed by atoms with Crippen LogP contribution in [0.25, 0.3) is 0 Å². The maximum Gasteiger partial charge on any atom is 0.441 e. The molecule has 1 atom stereocenters. The zero-order valence-electron chi connectivity index (χ0n) is 9.79. The van der Waals surface area contributed by atoms with Gasteiger partial charge in [0.05, 0.1) is 11.6 Å². The van der Waals surface area contributed by atoms with Gasteiger partial charge < -0.3 is 5.32 Å². The smallest absolute Gasteiger partial charge is 0.309 e. The second-order valence-corrected chi connectivity index (χ2v) is 4.86. The van der Waals surface area contributed by atoms with E-state index in [4.69, 9.17) is 5.26 Å². The standard InChI is InChI=1S/C12H13F3N2S/c1-9(17-6-7-18-12(13,14)15)11-4-2-10(8-16)3-5-11/h2-5,9,17H,6-7H2,1H3. The molecule has 0 spiro atoms. The van der Waals surface area contributed by atoms with Crippen molar-refractivity contribution in [2.45, 2.75) is 18.5 Å². The third kappa shape index (κ3) is 5.43. The fraction of sp³-hybridized carbons (Fsp3) is 0.417. The Morgan fingerprint density at radius 3 is 2.44 bits per heavy atom. The summed E-state index contributed by atoms with van der Waals surface area (Å²) in [7, 11) is 0. The summed E-state index contributed by atoms with van der Waals surface area (Å²) < 4.78 is 35.7. The molecule has 0 saturated heterocycles. The summed E-state index contributed by atoms with van der Waals surface area (Å²) in [5.74, 6) is -0.00980. The number of nitrogens with zero attached hydrogens (tertiary/aromatic N) is 1. The van der Waals surface area contributed by atoms with Gasteiger partial charge in [-0.1, -0.05) is 12.1 Å². The molecule has 1 rings (SSSR count). The van der Waals surface area contributed by atoms with E-state index in [1.165, 1.54) is 0 Å². The van der Waals surface area contributed by atoms with Crippen LogP contribution < -0.4 is 5.32 Å². The van der Waals surface area contributed by atoms with E-state index >= 15 is 0 Å². The van der Waals surface area contributed by atoms with Gasteiger partial charge in [-0.05, 0) is 36.4 Å². The lowest BCUT2D eigenvalue weighted by atomic mass is 10.1. The SMILES string of the molecule is CC(NCCSC(F)(F)F)c1ccc(C#N)cc1. The molecule has 0 aromatic heterocycles. The first-order chi connectivity index (χ1) is 8.42. The number of hydrogen-bond acceptors (Lipinski definition) is 3. The van der Waals surface area contributed by atoms with Crippen LogP contribution in [0.15, 0.2) is 24.3 Å². The molecule has 1 unspecified atom stereocenters. The molecule has 18 heavy (non-hydrogen) atoms. The number of benzene rings is 1. The topological polar surface area (TPSA) is 35.8 Å². The van der Waals surface area contributed by atoms with E-state index in [2.05, 4.69) is 5.32 Å². The Labute approximate surface area is 108 Å². The summed E-state index contributed by atoms with van der Waals surface area (Å²) in [6.07, 6.45) is 0. The molecule has 98 valence electrons. The van der Waals surface area contributed by atoms with Gasteiger partial charge in [-0.3, -0.25) is 0 Å². The summed E-state index contributed by atoms with van der Waals surface area (Å²) in [5, 5.41) is 11.6. The van der Waals surface area contributed by atoms with Crippen molar-refractivity contribution in [3.05, 3.63) is 35.4 Å². The van der Waals surface area contributed by atoms with Crippen LogP contribution in [0.5, 0.6) is 0 Å².